The molecule has 1 heterocycles. The molecule has 0 aliphatic rings. The summed E-state index contributed by atoms with van der Waals surface area (Å²) in [6.07, 6.45) is 0.682. The average molecular weight is 368 g/mol. The van der Waals surface area contributed by atoms with Crippen molar-refractivity contribution in [2.24, 2.45) is 0 Å². The van der Waals surface area contributed by atoms with E-state index < -0.39 is 0 Å². The third kappa shape index (κ3) is 4.21. The summed E-state index contributed by atoms with van der Waals surface area (Å²) in [7, 11) is 3.21. The highest BCUT2D eigenvalue weighted by Gasteiger charge is 2.11. The van der Waals surface area contributed by atoms with E-state index in [4.69, 9.17) is 9.47 Å². The van der Waals surface area contributed by atoms with Crippen LogP contribution in [0.2, 0.25) is 0 Å². The Morgan fingerprint density at radius 3 is 2.58 bits per heavy atom. The van der Waals surface area contributed by atoms with Gasteiger partial charge in [0, 0.05) is 23.9 Å². The number of para-hydroxylation sites is 1. The minimum Gasteiger partial charge on any atom is -0.497 e. The summed E-state index contributed by atoms with van der Waals surface area (Å²) < 4.78 is 10.4. The number of thiazole rings is 1. The topological polar surface area (TPSA) is 60.5 Å². The molecule has 1 amide bonds. The van der Waals surface area contributed by atoms with Crippen LogP contribution in [0.15, 0.2) is 53.9 Å². The SMILES string of the molecule is COc1ccc(-c2csc(CCNC(=O)c3ccccc3OC)n2)cc1. The molecule has 0 aliphatic carbocycles. The zero-order valence-electron chi connectivity index (χ0n) is 14.7. The first-order valence-corrected chi connectivity index (χ1v) is 9.09. The van der Waals surface area contributed by atoms with Gasteiger partial charge in [0.15, 0.2) is 0 Å². The molecule has 0 saturated heterocycles. The van der Waals surface area contributed by atoms with Crippen molar-refractivity contribution >= 4 is 17.2 Å². The van der Waals surface area contributed by atoms with Gasteiger partial charge < -0.3 is 14.8 Å². The van der Waals surface area contributed by atoms with E-state index in [1.165, 1.54) is 0 Å². The van der Waals surface area contributed by atoms with Crippen LogP contribution in [0.3, 0.4) is 0 Å². The van der Waals surface area contributed by atoms with Gasteiger partial charge in [0.25, 0.3) is 5.91 Å². The van der Waals surface area contributed by atoms with Crippen LogP contribution < -0.4 is 14.8 Å². The number of carbonyl (C=O) groups is 1. The number of rotatable bonds is 7. The first-order chi connectivity index (χ1) is 12.7. The first-order valence-electron chi connectivity index (χ1n) is 8.21. The molecule has 3 rings (SSSR count). The maximum Gasteiger partial charge on any atom is 0.255 e. The third-order valence-electron chi connectivity index (χ3n) is 3.91. The summed E-state index contributed by atoms with van der Waals surface area (Å²) in [4.78, 5) is 16.9. The fourth-order valence-corrected chi connectivity index (χ4v) is 3.34. The molecule has 0 unspecified atom stereocenters. The van der Waals surface area contributed by atoms with E-state index >= 15 is 0 Å². The molecular formula is C20H20N2O3S. The van der Waals surface area contributed by atoms with Crippen LogP contribution in [0.1, 0.15) is 15.4 Å². The highest BCUT2D eigenvalue weighted by molar-refractivity contribution is 7.09. The lowest BCUT2D eigenvalue weighted by Gasteiger charge is -2.08. The number of nitrogens with zero attached hydrogens (tertiary/aromatic N) is 1. The Kier molecular flexibility index (Phi) is 5.86. The van der Waals surface area contributed by atoms with Gasteiger partial charge in [0.1, 0.15) is 11.5 Å². The summed E-state index contributed by atoms with van der Waals surface area (Å²) in [6.45, 7) is 0.520. The second-order valence-electron chi connectivity index (χ2n) is 5.56. The van der Waals surface area contributed by atoms with E-state index in [-0.39, 0.29) is 5.91 Å². The fraction of sp³-hybridized carbons (Fsp3) is 0.200. The van der Waals surface area contributed by atoms with E-state index in [1.54, 1.807) is 37.7 Å². The number of carbonyl (C=O) groups excluding carboxylic acids is 1. The maximum atomic E-state index is 12.3. The molecule has 1 aromatic heterocycles. The second-order valence-corrected chi connectivity index (χ2v) is 6.50. The summed E-state index contributed by atoms with van der Waals surface area (Å²) in [5.41, 5.74) is 2.52. The zero-order valence-corrected chi connectivity index (χ0v) is 15.5. The summed E-state index contributed by atoms with van der Waals surface area (Å²) >= 11 is 1.59. The van der Waals surface area contributed by atoms with Gasteiger partial charge in [0.05, 0.1) is 30.5 Å². The fourth-order valence-electron chi connectivity index (χ4n) is 2.53. The molecule has 0 radical (unpaired) electrons. The van der Waals surface area contributed by atoms with Crippen LogP contribution in [0.4, 0.5) is 0 Å². The number of methoxy groups -OCH3 is 2. The molecule has 5 nitrogen and oxygen atoms in total. The van der Waals surface area contributed by atoms with Crippen molar-refractivity contribution in [1.29, 1.82) is 0 Å². The summed E-state index contributed by atoms with van der Waals surface area (Å²) in [6, 6.07) is 15.0. The molecule has 0 spiro atoms. The van der Waals surface area contributed by atoms with Crippen LogP contribution in [0.25, 0.3) is 11.3 Å². The van der Waals surface area contributed by atoms with Crippen LogP contribution in [0, 0.1) is 0 Å². The molecule has 0 fully saturated rings. The van der Waals surface area contributed by atoms with E-state index in [0.717, 1.165) is 22.0 Å². The number of hydrogen-bond acceptors (Lipinski definition) is 5. The molecule has 0 bridgehead atoms. The molecule has 26 heavy (non-hydrogen) atoms. The molecule has 134 valence electrons. The lowest BCUT2D eigenvalue weighted by Crippen LogP contribution is -2.26. The second kappa shape index (κ2) is 8.49. The Balaban J connectivity index is 1.57. The maximum absolute atomic E-state index is 12.3. The Hall–Kier alpha value is -2.86. The van der Waals surface area contributed by atoms with Crippen LogP contribution in [-0.4, -0.2) is 31.7 Å². The molecule has 1 N–H and O–H groups in total. The van der Waals surface area contributed by atoms with Crippen molar-refractivity contribution in [3.8, 4) is 22.8 Å². The predicted molar refractivity (Wildman–Crippen MR) is 103 cm³/mol. The van der Waals surface area contributed by atoms with Gasteiger partial charge in [-0.15, -0.1) is 11.3 Å². The number of nitrogens with one attached hydrogen (secondary N) is 1. The number of aromatic nitrogens is 1. The van der Waals surface area contributed by atoms with Crippen molar-refractivity contribution in [1.82, 2.24) is 10.3 Å². The van der Waals surface area contributed by atoms with Crippen molar-refractivity contribution in [2.45, 2.75) is 6.42 Å². The van der Waals surface area contributed by atoms with Gasteiger partial charge in [-0.3, -0.25) is 4.79 Å². The molecule has 3 aromatic rings. The van der Waals surface area contributed by atoms with E-state index in [0.29, 0.717) is 24.3 Å². The number of ether oxygens (including phenoxy) is 2. The number of amides is 1. The van der Waals surface area contributed by atoms with Gasteiger partial charge in [-0.25, -0.2) is 4.98 Å². The van der Waals surface area contributed by atoms with Gasteiger partial charge in [-0.1, -0.05) is 12.1 Å². The number of hydrogen-bond donors (Lipinski definition) is 1. The Labute approximate surface area is 156 Å². The van der Waals surface area contributed by atoms with Gasteiger partial charge >= 0.3 is 0 Å². The Morgan fingerprint density at radius 1 is 1.08 bits per heavy atom. The summed E-state index contributed by atoms with van der Waals surface area (Å²) in [5.74, 6) is 1.25. The van der Waals surface area contributed by atoms with E-state index in [2.05, 4.69) is 10.3 Å². The lowest BCUT2D eigenvalue weighted by atomic mass is 10.2. The molecular weight excluding hydrogens is 348 g/mol. The molecule has 0 aliphatic heterocycles. The van der Waals surface area contributed by atoms with E-state index in [9.17, 15) is 4.79 Å². The van der Waals surface area contributed by atoms with Crippen molar-refractivity contribution in [3.63, 3.8) is 0 Å². The standard InChI is InChI=1S/C20H20N2O3S/c1-24-15-9-7-14(8-10-15)17-13-26-19(22-17)11-12-21-20(23)16-5-3-4-6-18(16)25-2/h3-10,13H,11-12H2,1-2H3,(H,21,23). The van der Waals surface area contributed by atoms with Crippen LogP contribution in [0.5, 0.6) is 11.5 Å². The van der Waals surface area contributed by atoms with Crippen LogP contribution >= 0.6 is 11.3 Å². The minimum atomic E-state index is -0.144. The monoisotopic (exact) mass is 368 g/mol. The third-order valence-corrected chi connectivity index (χ3v) is 4.82. The van der Waals surface area contributed by atoms with Crippen molar-refractivity contribution in [2.75, 3.05) is 20.8 Å². The van der Waals surface area contributed by atoms with Gasteiger partial charge in [-0.2, -0.15) is 0 Å². The lowest BCUT2D eigenvalue weighted by molar-refractivity contribution is 0.0951. The highest BCUT2D eigenvalue weighted by Crippen LogP contribution is 2.24. The molecule has 0 saturated carbocycles. The molecule has 0 atom stereocenters. The summed E-state index contributed by atoms with van der Waals surface area (Å²) in [5, 5.41) is 5.93. The van der Waals surface area contributed by atoms with Crippen molar-refractivity contribution < 1.29 is 14.3 Å². The Bertz CT molecular complexity index is 875. The largest absolute Gasteiger partial charge is 0.497 e. The normalized spacial score (nSPS) is 10.4. The van der Waals surface area contributed by atoms with Gasteiger partial charge in [-0.05, 0) is 36.4 Å². The molecule has 6 heteroatoms. The smallest absolute Gasteiger partial charge is 0.255 e. The molecule has 2 aromatic carbocycles. The van der Waals surface area contributed by atoms with E-state index in [1.807, 2.05) is 41.8 Å². The minimum absolute atomic E-state index is 0.144. The zero-order chi connectivity index (χ0) is 18.4. The van der Waals surface area contributed by atoms with Crippen LogP contribution in [-0.2, 0) is 6.42 Å². The average Bonchev–Trinajstić information content (AvgIpc) is 3.16. The first kappa shape index (κ1) is 17.9. The Morgan fingerprint density at radius 2 is 1.85 bits per heavy atom. The quantitative estimate of drug-likeness (QED) is 0.689. The predicted octanol–water partition coefficient (Wildman–Crippen LogP) is 3.80. The van der Waals surface area contributed by atoms with Gasteiger partial charge in [0.2, 0.25) is 0 Å². The highest BCUT2D eigenvalue weighted by atomic mass is 32.1. The number of benzene rings is 2. The van der Waals surface area contributed by atoms with Crippen molar-refractivity contribution in [3.05, 3.63) is 64.5 Å².